The van der Waals surface area contributed by atoms with E-state index in [9.17, 15) is 0 Å². The maximum absolute atomic E-state index is 4.36. The fourth-order valence-corrected chi connectivity index (χ4v) is 2.40. The topological polar surface area (TPSA) is 12.9 Å². The Bertz CT molecular complexity index is 293. The van der Waals surface area contributed by atoms with Crippen LogP contribution < -0.4 is 0 Å². The molecule has 0 N–H and O–H groups in total. The lowest BCUT2D eigenvalue weighted by Gasteiger charge is -1.90. The number of nitrogens with zero attached hydrogens (tertiary/aromatic N) is 1. The van der Waals surface area contributed by atoms with Crippen molar-refractivity contribution in [3.8, 4) is 11.8 Å². The van der Waals surface area contributed by atoms with Crippen molar-refractivity contribution in [1.82, 2.24) is 4.98 Å². The maximum Gasteiger partial charge on any atom is 0.103 e. The molecule has 64 valence electrons. The highest BCUT2D eigenvalue weighted by Crippen LogP contribution is 2.15. The summed E-state index contributed by atoms with van der Waals surface area (Å²) in [5, 5.41) is 3.29. The monoisotopic (exact) mass is 197 g/mol. The Labute approximate surface area is 81.6 Å². The van der Waals surface area contributed by atoms with Crippen molar-refractivity contribution in [1.29, 1.82) is 0 Å². The molecule has 0 aliphatic carbocycles. The van der Waals surface area contributed by atoms with Gasteiger partial charge in [-0.25, -0.2) is 4.98 Å². The first-order chi connectivity index (χ1) is 5.83. The van der Waals surface area contributed by atoms with Gasteiger partial charge in [-0.05, 0) is 13.8 Å². The molecule has 0 radical (unpaired) electrons. The maximum atomic E-state index is 4.36. The smallest absolute Gasteiger partial charge is 0.103 e. The van der Waals surface area contributed by atoms with E-state index in [1.165, 1.54) is 5.01 Å². The summed E-state index contributed by atoms with van der Waals surface area (Å²) in [5.41, 5.74) is 1.12. The van der Waals surface area contributed by atoms with Crippen molar-refractivity contribution in [2.24, 2.45) is 0 Å². The number of thioether (sulfide) groups is 1. The zero-order chi connectivity index (χ0) is 8.81. The van der Waals surface area contributed by atoms with Crippen LogP contribution in [0.1, 0.15) is 17.6 Å². The van der Waals surface area contributed by atoms with Gasteiger partial charge in [0, 0.05) is 16.8 Å². The summed E-state index contributed by atoms with van der Waals surface area (Å²) >= 11 is 3.55. The zero-order valence-electron chi connectivity index (χ0n) is 7.26. The molecule has 0 amide bonds. The minimum Gasteiger partial charge on any atom is -0.246 e. The quantitative estimate of drug-likeness (QED) is 0.546. The van der Waals surface area contributed by atoms with E-state index in [2.05, 4.69) is 22.2 Å². The van der Waals surface area contributed by atoms with E-state index in [0.717, 1.165) is 17.2 Å². The van der Waals surface area contributed by atoms with E-state index in [1.807, 2.05) is 25.6 Å². The third-order valence-electron chi connectivity index (χ3n) is 1.24. The van der Waals surface area contributed by atoms with Gasteiger partial charge in [0.1, 0.15) is 5.01 Å². The third kappa shape index (κ3) is 3.29. The van der Waals surface area contributed by atoms with Crippen LogP contribution in [0, 0.1) is 18.8 Å². The summed E-state index contributed by atoms with van der Waals surface area (Å²) in [6.45, 7) is 3.89. The Morgan fingerprint density at radius 3 is 3.08 bits per heavy atom. The normalized spacial score (nSPS) is 9.17. The molecule has 0 saturated carbocycles. The molecule has 1 nitrogen and oxygen atoms in total. The minimum atomic E-state index is 0.912. The average Bonchev–Trinajstić information content (AvgIpc) is 2.45. The van der Waals surface area contributed by atoms with Gasteiger partial charge in [-0.2, -0.15) is 0 Å². The second-order valence-corrected chi connectivity index (χ2v) is 4.23. The first-order valence-corrected chi connectivity index (χ1v) is 5.74. The highest BCUT2D eigenvalue weighted by Gasteiger charge is 1.96. The molecule has 1 heterocycles. The molecule has 0 saturated heterocycles. The summed E-state index contributed by atoms with van der Waals surface area (Å²) in [5.74, 6) is 7.79. The molecule has 1 rings (SSSR count). The molecule has 1 aromatic heterocycles. The van der Waals surface area contributed by atoms with E-state index in [0.29, 0.717) is 0 Å². The van der Waals surface area contributed by atoms with Crippen LogP contribution in [0.3, 0.4) is 0 Å². The van der Waals surface area contributed by atoms with Crippen molar-refractivity contribution < 1.29 is 0 Å². The standard InChI is InChI=1S/C9H11NS2/c1-3-4-5-11-7-9-10-8(2)6-12-9/h6H,5,7H2,1-2H3. The van der Waals surface area contributed by atoms with Crippen LogP contribution in [0.4, 0.5) is 0 Å². The number of hydrogen-bond acceptors (Lipinski definition) is 3. The molecule has 0 aromatic carbocycles. The number of thiazole rings is 1. The van der Waals surface area contributed by atoms with Gasteiger partial charge >= 0.3 is 0 Å². The van der Waals surface area contributed by atoms with Crippen molar-refractivity contribution in [2.75, 3.05) is 5.75 Å². The van der Waals surface area contributed by atoms with E-state index in [4.69, 9.17) is 0 Å². The molecule has 0 aliphatic heterocycles. The van der Waals surface area contributed by atoms with Crippen molar-refractivity contribution in [3.63, 3.8) is 0 Å². The highest BCUT2D eigenvalue weighted by atomic mass is 32.2. The molecular formula is C9H11NS2. The Morgan fingerprint density at radius 1 is 1.67 bits per heavy atom. The summed E-state index contributed by atoms with van der Waals surface area (Å²) in [6, 6.07) is 0. The summed E-state index contributed by atoms with van der Waals surface area (Å²) in [7, 11) is 0. The first kappa shape index (κ1) is 9.63. The predicted octanol–water partition coefficient (Wildman–Crippen LogP) is 2.71. The lowest BCUT2D eigenvalue weighted by molar-refractivity contribution is 1.19. The number of rotatable bonds is 3. The van der Waals surface area contributed by atoms with Gasteiger partial charge in [-0.15, -0.1) is 29.0 Å². The summed E-state index contributed by atoms with van der Waals surface area (Å²) in [4.78, 5) is 4.36. The van der Waals surface area contributed by atoms with Gasteiger partial charge in [0.05, 0.1) is 5.75 Å². The Kier molecular flexibility index (Phi) is 4.20. The number of hydrogen-bond donors (Lipinski definition) is 0. The van der Waals surface area contributed by atoms with Crippen LogP contribution in [-0.2, 0) is 5.75 Å². The van der Waals surface area contributed by atoms with Crippen molar-refractivity contribution in [2.45, 2.75) is 19.6 Å². The lowest BCUT2D eigenvalue weighted by Crippen LogP contribution is -1.80. The van der Waals surface area contributed by atoms with Gasteiger partial charge in [-0.1, -0.05) is 5.92 Å². The largest absolute Gasteiger partial charge is 0.246 e. The average molecular weight is 197 g/mol. The fraction of sp³-hybridized carbons (Fsp3) is 0.444. The molecule has 0 spiro atoms. The molecule has 0 unspecified atom stereocenters. The number of aromatic nitrogens is 1. The molecule has 0 fully saturated rings. The second kappa shape index (κ2) is 5.23. The van der Waals surface area contributed by atoms with Crippen LogP contribution in [0.2, 0.25) is 0 Å². The van der Waals surface area contributed by atoms with Gasteiger partial charge in [0.2, 0.25) is 0 Å². The molecule has 0 bridgehead atoms. The second-order valence-electron chi connectivity index (χ2n) is 2.30. The zero-order valence-corrected chi connectivity index (χ0v) is 8.89. The Morgan fingerprint density at radius 2 is 2.50 bits per heavy atom. The van der Waals surface area contributed by atoms with E-state index < -0.39 is 0 Å². The molecule has 3 heteroatoms. The van der Waals surface area contributed by atoms with E-state index in [-0.39, 0.29) is 0 Å². The van der Waals surface area contributed by atoms with E-state index >= 15 is 0 Å². The van der Waals surface area contributed by atoms with Crippen LogP contribution >= 0.6 is 23.1 Å². The molecule has 0 atom stereocenters. The summed E-state index contributed by atoms with van der Waals surface area (Å²) < 4.78 is 0. The molecule has 12 heavy (non-hydrogen) atoms. The highest BCUT2D eigenvalue weighted by molar-refractivity contribution is 7.98. The Balaban J connectivity index is 2.27. The predicted molar refractivity (Wildman–Crippen MR) is 56.5 cm³/mol. The van der Waals surface area contributed by atoms with Gasteiger partial charge in [0.25, 0.3) is 0 Å². The summed E-state index contributed by atoms with van der Waals surface area (Å²) in [6.07, 6.45) is 0. The SMILES string of the molecule is CC#CCSCc1nc(C)cs1. The van der Waals surface area contributed by atoms with Gasteiger partial charge < -0.3 is 0 Å². The van der Waals surface area contributed by atoms with Crippen molar-refractivity contribution in [3.05, 3.63) is 16.1 Å². The fourth-order valence-electron chi connectivity index (χ4n) is 0.731. The van der Waals surface area contributed by atoms with Crippen LogP contribution in [0.25, 0.3) is 0 Å². The molecule has 0 aliphatic rings. The van der Waals surface area contributed by atoms with E-state index in [1.54, 1.807) is 11.3 Å². The minimum absolute atomic E-state index is 0.912. The van der Waals surface area contributed by atoms with Crippen LogP contribution in [0.15, 0.2) is 5.38 Å². The first-order valence-electron chi connectivity index (χ1n) is 3.71. The van der Waals surface area contributed by atoms with Crippen molar-refractivity contribution >= 4 is 23.1 Å². The molecular weight excluding hydrogens is 186 g/mol. The van der Waals surface area contributed by atoms with Crippen LogP contribution in [0.5, 0.6) is 0 Å². The van der Waals surface area contributed by atoms with Gasteiger partial charge in [0.15, 0.2) is 0 Å². The van der Waals surface area contributed by atoms with Gasteiger partial charge in [-0.3, -0.25) is 0 Å². The Hall–Kier alpha value is -0.460. The number of aryl methyl sites for hydroxylation is 1. The molecule has 1 aromatic rings. The van der Waals surface area contributed by atoms with Crippen LogP contribution in [-0.4, -0.2) is 10.7 Å². The third-order valence-corrected chi connectivity index (χ3v) is 3.22. The lowest BCUT2D eigenvalue weighted by atomic mass is 10.6.